The number of amides is 1. The monoisotopic (exact) mass is 446 g/mol. The number of nitrogens with two attached hydrogens (primary N) is 1. The van der Waals surface area contributed by atoms with Gasteiger partial charge in [-0.1, -0.05) is 12.1 Å². The van der Waals surface area contributed by atoms with Gasteiger partial charge in [-0.15, -0.1) is 0 Å². The highest BCUT2D eigenvalue weighted by atomic mass is 16.5. The summed E-state index contributed by atoms with van der Waals surface area (Å²) in [6, 6.07) is 13.6. The Morgan fingerprint density at radius 3 is 2.42 bits per heavy atom. The number of nitrogen functional groups attached to an aromatic ring is 1. The molecule has 172 valence electrons. The van der Waals surface area contributed by atoms with Gasteiger partial charge < -0.3 is 25.6 Å². The van der Waals surface area contributed by atoms with Gasteiger partial charge in [0.15, 0.2) is 0 Å². The van der Waals surface area contributed by atoms with E-state index in [1.54, 1.807) is 24.3 Å². The molecule has 8 nitrogen and oxygen atoms in total. The van der Waals surface area contributed by atoms with Crippen LogP contribution >= 0.6 is 0 Å². The van der Waals surface area contributed by atoms with Gasteiger partial charge >= 0.3 is 0 Å². The summed E-state index contributed by atoms with van der Waals surface area (Å²) in [5.41, 5.74) is 10.9. The molecule has 1 aliphatic rings. The molecule has 0 atom stereocenters. The number of piperazine rings is 1. The molecule has 0 saturated carbocycles. The van der Waals surface area contributed by atoms with Crippen molar-refractivity contribution >= 4 is 29.0 Å². The molecule has 8 heteroatoms. The summed E-state index contributed by atoms with van der Waals surface area (Å²) in [6.07, 6.45) is 1.50. The number of nitrogens with zero attached hydrogens (tertiary/aromatic N) is 4. The maximum absolute atomic E-state index is 12.7. The van der Waals surface area contributed by atoms with Gasteiger partial charge in [0.1, 0.15) is 17.1 Å². The normalized spacial score (nSPS) is 13.7. The number of carbonyl (C=O) groups is 1. The van der Waals surface area contributed by atoms with E-state index in [1.807, 2.05) is 6.92 Å². The first-order valence-electron chi connectivity index (χ1n) is 11.2. The molecule has 4 rings (SSSR count). The fourth-order valence-electron chi connectivity index (χ4n) is 3.94. The van der Waals surface area contributed by atoms with E-state index in [4.69, 9.17) is 10.5 Å². The minimum atomic E-state index is -0.344. The van der Waals surface area contributed by atoms with E-state index >= 15 is 0 Å². The van der Waals surface area contributed by atoms with Gasteiger partial charge in [0, 0.05) is 43.8 Å². The van der Waals surface area contributed by atoms with Crippen molar-refractivity contribution in [2.75, 3.05) is 53.6 Å². The Bertz CT molecular complexity index is 1120. The van der Waals surface area contributed by atoms with Crippen LogP contribution in [0.2, 0.25) is 0 Å². The van der Waals surface area contributed by atoms with Crippen molar-refractivity contribution in [1.29, 1.82) is 0 Å². The van der Waals surface area contributed by atoms with Gasteiger partial charge in [0.05, 0.1) is 6.61 Å². The fraction of sp³-hybridized carbons (Fsp3) is 0.320. The third-order valence-corrected chi connectivity index (χ3v) is 5.95. The maximum atomic E-state index is 12.7. The summed E-state index contributed by atoms with van der Waals surface area (Å²) in [6.45, 7) is 10.1. The summed E-state index contributed by atoms with van der Waals surface area (Å²) in [7, 11) is 0. The number of nitrogens with one attached hydrogen (secondary N) is 1. The summed E-state index contributed by atoms with van der Waals surface area (Å²) < 4.78 is 5.42. The van der Waals surface area contributed by atoms with Gasteiger partial charge in [0.2, 0.25) is 5.95 Å². The predicted octanol–water partition coefficient (Wildman–Crippen LogP) is 3.65. The third-order valence-electron chi connectivity index (χ3n) is 5.95. The molecule has 0 unspecified atom stereocenters. The molecule has 0 bridgehead atoms. The lowest BCUT2D eigenvalue weighted by Gasteiger charge is -2.37. The van der Waals surface area contributed by atoms with Crippen LogP contribution in [0, 0.1) is 13.8 Å². The third kappa shape index (κ3) is 5.00. The van der Waals surface area contributed by atoms with Gasteiger partial charge in [-0.05, 0) is 62.2 Å². The van der Waals surface area contributed by atoms with E-state index in [9.17, 15) is 4.79 Å². The van der Waals surface area contributed by atoms with Crippen LogP contribution < -0.4 is 25.6 Å². The second-order valence-corrected chi connectivity index (χ2v) is 8.07. The van der Waals surface area contributed by atoms with Crippen LogP contribution in [-0.4, -0.2) is 48.7 Å². The summed E-state index contributed by atoms with van der Waals surface area (Å²) in [5, 5.41) is 2.83. The molecule has 1 fully saturated rings. The van der Waals surface area contributed by atoms with E-state index in [1.165, 1.54) is 23.0 Å². The summed E-state index contributed by atoms with van der Waals surface area (Å²) >= 11 is 0. The number of carbonyl (C=O) groups excluding carboxylic acids is 1. The van der Waals surface area contributed by atoms with E-state index in [2.05, 4.69) is 57.1 Å². The van der Waals surface area contributed by atoms with Crippen LogP contribution in [0.4, 0.5) is 23.1 Å². The minimum Gasteiger partial charge on any atom is -0.494 e. The van der Waals surface area contributed by atoms with Gasteiger partial charge in [-0.25, -0.2) is 4.98 Å². The molecule has 3 N–H and O–H groups in total. The first-order valence-corrected chi connectivity index (χ1v) is 11.2. The zero-order valence-electron chi connectivity index (χ0n) is 19.3. The first kappa shape index (κ1) is 22.4. The number of aromatic nitrogens is 2. The number of hydrogen-bond donors (Lipinski definition) is 2. The second kappa shape index (κ2) is 9.77. The average molecular weight is 447 g/mol. The van der Waals surface area contributed by atoms with Crippen LogP contribution in [0.3, 0.4) is 0 Å². The predicted molar refractivity (Wildman–Crippen MR) is 132 cm³/mol. The molecule has 3 aromatic rings. The van der Waals surface area contributed by atoms with Crippen molar-refractivity contribution in [3.8, 4) is 5.75 Å². The molecule has 1 aliphatic heterocycles. The summed E-state index contributed by atoms with van der Waals surface area (Å²) in [4.78, 5) is 26.0. The molecular weight excluding hydrogens is 416 g/mol. The Morgan fingerprint density at radius 1 is 1.06 bits per heavy atom. The van der Waals surface area contributed by atoms with E-state index in [0.29, 0.717) is 18.2 Å². The lowest BCUT2D eigenvalue weighted by atomic mass is 10.1. The Morgan fingerprint density at radius 2 is 1.76 bits per heavy atom. The minimum absolute atomic E-state index is 0.167. The lowest BCUT2D eigenvalue weighted by Crippen LogP contribution is -2.47. The Kier molecular flexibility index (Phi) is 6.63. The maximum Gasteiger partial charge on any atom is 0.260 e. The topological polar surface area (TPSA) is 96.6 Å². The largest absolute Gasteiger partial charge is 0.494 e. The highest BCUT2D eigenvalue weighted by Gasteiger charge is 2.22. The van der Waals surface area contributed by atoms with Crippen molar-refractivity contribution in [1.82, 2.24) is 9.97 Å². The molecule has 1 amide bonds. The first-order chi connectivity index (χ1) is 16.0. The Labute approximate surface area is 194 Å². The quantitative estimate of drug-likeness (QED) is 0.596. The number of aryl methyl sites for hydroxylation is 1. The number of anilines is 4. The Balaban J connectivity index is 1.39. The van der Waals surface area contributed by atoms with Gasteiger partial charge in [-0.2, -0.15) is 4.98 Å². The molecule has 2 heterocycles. The number of hydrogen-bond acceptors (Lipinski definition) is 7. The van der Waals surface area contributed by atoms with Crippen molar-refractivity contribution in [2.24, 2.45) is 0 Å². The molecule has 0 radical (unpaired) electrons. The van der Waals surface area contributed by atoms with E-state index in [0.717, 1.165) is 31.9 Å². The second-order valence-electron chi connectivity index (χ2n) is 8.07. The van der Waals surface area contributed by atoms with Crippen molar-refractivity contribution in [2.45, 2.75) is 20.8 Å². The highest BCUT2D eigenvalue weighted by molar-refractivity contribution is 6.07. The van der Waals surface area contributed by atoms with Crippen molar-refractivity contribution < 1.29 is 9.53 Å². The smallest absolute Gasteiger partial charge is 0.260 e. The molecule has 33 heavy (non-hydrogen) atoms. The van der Waals surface area contributed by atoms with Gasteiger partial charge in [-0.3, -0.25) is 4.79 Å². The molecule has 1 aromatic heterocycles. The zero-order chi connectivity index (χ0) is 23.4. The SMILES string of the molecule is CCOc1ccc(NC(=O)c2cnc(N3CCN(c4cccc(C)c4C)CC3)nc2N)cc1. The summed E-state index contributed by atoms with van der Waals surface area (Å²) in [5.74, 6) is 1.12. The highest BCUT2D eigenvalue weighted by Crippen LogP contribution is 2.25. The molecular formula is C25H30N6O2. The Hall–Kier alpha value is -3.81. The van der Waals surface area contributed by atoms with Crippen molar-refractivity contribution in [3.05, 3.63) is 65.4 Å². The average Bonchev–Trinajstić information content (AvgIpc) is 2.82. The molecule has 1 saturated heterocycles. The fourth-order valence-corrected chi connectivity index (χ4v) is 3.94. The van der Waals surface area contributed by atoms with E-state index in [-0.39, 0.29) is 17.3 Å². The van der Waals surface area contributed by atoms with Crippen LogP contribution in [-0.2, 0) is 0 Å². The molecule has 0 aliphatic carbocycles. The molecule has 0 spiro atoms. The van der Waals surface area contributed by atoms with Crippen LogP contribution in [0.25, 0.3) is 0 Å². The number of rotatable bonds is 6. The van der Waals surface area contributed by atoms with Crippen molar-refractivity contribution in [3.63, 3.8) is 0 Å². The van der Waals surface area contributed by atoms with Crippen LogP contribution in [0.1, 0.15) is 28.4 Å². The standard InChI is InChI=1S/C25H30N6O2/c1-4-33-20-10-8-19(9-11-20)28-24(32)21-16-27-25(29-23(21)26)31-14-12-30(13-15-31)22-7-5-6-17(2)18(22)3/h5-11,16H,4,12-15H2,1-3H3,(H,28,32)(H2,26,27,29). The van der Waals surface area contributed by atoms with Crippen LogP contribution in [0.5, 0.6) is 5.75 Å². The van der Waals surface area contributed by atoms with E-state index < -0.39 is 0 Å². The molecule has 2 aromatic carbocycles. The number of benzene rings is 2. The van der Waals surface area contributed by atoms with Crippen LogP contribution in [0.15, 0.2) is 48.7 Å². The zero-order valence-corrected chi connectivity index (χ0v) is 19.3. The lowest BCUT2D eigenvalue weighted by molar-refractivity contribution is 0.102. The number of ether oxygens (including phenoxy) is 1. The van der Waals surface area contributed by atoms with Gasteiger partial charge in [0.25, 0.3) is 5.91 Å².